The van der Waals surface area contributed by atoms with Gasteiger partial charge in [-0.2, -0.15) is 0 Å². The van der Waals surface area contributed by atoms with Crippen molar-refractivity contribution < 1.29 is 9.90 Å². The third kappa shape index (κ3) is 3.19. The van der Waals surface area contributed by atoms with E-state index in [0.717, 1.165) is 45.2 Å². The zero-order chi connectivity index (χ0) is 12.3. The molecule has 3 atom stereocenters. The minimum absolute atomic E-state index is 0.110. The summed E-state index contributed by atoms with van der Waals surface area (Å²) in [6.07, 6.45) is 6.14. The molecule has 1 saturated heterocycles. The van der Waals surface area contributed by atoms with E-state index in [0.29, 0.717) is 0 Å². The van der Waals surface area contributed by atoms with E-state index in [1.807, 2.05) is 11.8 Å². The number of rotatable bonds is 3. The van der Waals surface area contributed by atoms with Crippen LogP contribution in [0.2, 0.25) is 0 Å². The van der Waals surface area contributed by atoms with E-state index in [1.54, 1.807) is 0 Å². The summed E-state index contributed by atoms with van der Waals surface area (Å²) in [5.41, 5.74) is 0. The lowest BCUT2D eigenvalue weighted by Gasteiger charge is -2.31. The molecule has 98 valence electrons. The van der Waals surface area contributed by atoms with Crippen molar-refractivity contribution in [2.45, 2.75) is 63.6 Å². The van der Waals surface area contributed by atoms with Crippen LogP contribution in [0.3, 0.4) is 0 Å². The lowest BCUT2D eigenvalue weighted by molar-refractivity contribution is -0.134. The van der Waals surface area contributed by atoms with Crippen LogP contribution in [0.25, 0.3) is 0 Å². The van der Waals surface area contributed by atoms with Gasteiger partial charge in [0.2, 0.25) is 5.91 Å². The maximum atomic E-state index is 12.2. The number of likely N-dealkylation sites (tertiary alicyclic amines) is 1. The summed E-state index contributed by atoms with van der Waals surface area (Å²) < 4.78 is 0. The van der Waals surface area contributed by atoms with Crippen LogP contribution in [0, 0.1) is 0 Å². The molecule has 17 heavy (non-hydrogen) atoms. The van der Waals surface area contributed by atoms with Crippen molar-refractivity contribution in [3.05, 3.63) is 0 Å². The van der Waals surface area contributed by atoms with Gasteiger partial charge in [0, 0.05) is 19.1 Å². The van der Waals surface area contributed by atoms with Crippen LogP contribution >= 0.6 is 0 Å². The number of piperidine rings is 1. The Morgan fingerprint density at radius 3 is 2.53 bits per heavy atom. The summed E-state index contributed by atoms with van der Waals surface area (Å²) >= 11 is 0. The maximum Gasteiger partial charge on any atom is 0.239 e. The first kappa shape index (κ1) is 12.8. The van der Waals surface area contributed by atoms with Crippen molar-refractivity contribution in [2.24, 2.45) is 0 Å². The Kier molecular flexibility index (Phi) is 4.40. The number of aliphatic hydroxyl groups excluding tert-OH is 1. The van der Waals surface area contributed by atoms with Gasteiger partial charge >= 0.3 is 0 Å². The number of nitrogens with one attached hydrogen (secondary N) is 1. The van der Waals surface area contributed by atoms with E-state index < -0.39 is 0 Å². The van der Waals surface area contributed by atoms with Crippen LogP contribution in [-0.4, -0.2) is 47.2 Å². The molecule has 0 bridgehead atoms. The number of aliphatic hydroxyl groups is 1. The molecular weight excluding hydrogens is 216 g/mol. The quantitative estimate of drug-likeness (QED) is 0.770. The normalized spacial score (nSPS) is 31.5. The second-order valence-electron chi connectivity index (χ2n) is 5.38. The van der Waals surface area contributed by atoms with Gasteiger partial charge in [-0.05, 0) is 45.4 Å². The predicted molar refractivity (Wildman–Crippen MR) is 66.7 cm³/mol. The molecule has 1 aliphatic heterocycles. The van der Waals surface area contributed by atoms with Crippen molar-refractivity contribution >= 4 is 5.91 Å². The first-order valence-electron chi connectivity index (χ1n) is 6.91. The van der Waals surface area contributed by atoms with E-state index in [-0.39, 0.29) is 24.1 Å². The second-order valence-corrected chi connectivity index (χ2v) is 5.38. The van der Waals surface area contributed by atoms with Gasteiger partial charge in [0.25, 0.3) is 0 Å². The number of hydrogen-bond acceptors (Lipinski definition) is 3. The minimum atomic E-state index is -0.272. The van der Waals surface area contributed by atoms with Gasteiger partial charge in [0.05, 0.1) is 12.1 Å². The fraction of sp³-hybridized carbons (Fsp3) is 0.923. The van der Waals surface area contributed by atoms with Crippen LogP contribution in [0.15, 0.2) is 0 Å². The standard InChI is InChI=1S/C13H24N2O2/c1-10(14-11-6-5-7-12(11)16)13(17)15-8-3-2-4-9-15/h10-12,14,16H,2-9H2,1H3/t10?,11-,12-/m1/s1. The molecule has 1 aliphatic carbocycles. The number of carbonyl (C=O) groups is 1. The molecule has 0 spiro atoms. The average Bonchev–Trinajstić information content (AvgIpc) is 2.75. The average molecular weight is 240 g/mol. The molecule has 0 aromatic carbocycles. The summed E-state index contributed by atoms with van der Waals surface area (Å²) in [7, 11) is 0. The van der Waals surface area contributed by atoms with Crippen molar-refractivity contribution in [1.82, 2.24) is 10.2 Å². The zero-order valence-corrected chi connectivity index (χ0v) is 10.7. The summed E-state index contributed by atoms with van der Waals surface area (Å²) in [5.74, 6) is 0.198. The van der Waals surface area contributed by atoms with Gasteiger partial charge < -0.3 is 15.3 Å². The van der Waals surface area contributed by atoms with Gasteiger partial charge in [-0.1, -0.05) is 0 Å². The highest BCUT2D eigenvalue weighted by atomic mass is 16.3. The van der Waals surface area contributed by atoms with Gasteiger partial charge in [-0.25, -0.2) is 0 Å². The first-order valence-corrected chi connectivity index (χ1v) is 6.91. The van der Waals surface area contributed by atoms with E-state index in [9.17, 15) is 9.90 Å². The zero-order valence-electron chi connectivity index (χ0n) is 10.7. The lowest BCUT2D eigenvalue weighted by Crippen LogP contribution is -2.51. The van der Waals surface area contributed by atoms with Gasteiger partial charge in [0.1, 0.15) is 0 Å². The first-order chi connectivity index (χ1) is 8.18. The van der Waals surface area contributed by atoms with E-state index in [2.05, 4.69) is 5.32 Å². The molecule has 2 fully saturated rings. The molecule has 1 heterocycles. The Balaban J connectivity index is 1.81. The molecule has 2 rings (SSSR count). The molecule has 0 radical (unpaired) electrons. The molecule has 1 saturated carbocycles. The Morgan fingerprint density at radius 2 is 1.94 bits per heavy atom. The minimum Gasteiger partial charge on any atom is -0.392 e. The Morgan fingerprint density at radius 1 is 1.24 bits per heavy atom. The van der Waals surface area contributed by atoms with E-state index >= 15 is 0 Å². The highest BCUT2D eigenvalue weighted by molar-refractivity contribution is 5.81. The molecule has 2 aliphatic rings. The molecule has 1 unspecified atom stereocenters. The van der Waals surface area contributed by atoms with E-state index in [4.69, 9.17) is 0 Å². The van der Waals surface area contributed by atoms with Crippen LogP contribution in [0.5, 0.6) is 0 Å². The number of nitrogens with zero attached hydrogens (tertiary/aromatic N) is 1. The highest BCUT2D eigenvalue weighted by Crippen LogP contribution is 2.19. The summed E-state index contributed by atoms with van der Waals surface area (Å²) in [6.45, 7) is 3.72. The summed E-state index contributed by atoms with van der Waals surface area (Å²) in [6, 6.07) is -0.0513. The van der Waals surface area contributed by atoms with Crippen molar-refractivity contribution in [3.8, 4) is 0 Å². The van der Waals surface area contributed by atoms with Gasteiger partial charge in [0.15, 0.2) is 0 Å². The molecule has 0 aromatic heterocycles. The fourth-order valence-corrected chi connectivity index (χ4v) is 2.92. The Hall–Kier alpha value is -0.610. The third-order valence-electron chi connectivity index (χ3n) is 3.98. The maximum absolute atomic E-state index is 12.2. The third-order valence-corrected chi connectivity index (χ3v) is 3.98. The Labute approximate surface area is 103 Å². The number of amides is 1. The van der Waals surface area contributed by atoms with E-state index in [1.165, 1.54) is 6.42 Å². The van der Waals surface area contributed by atoms with Gasteiger partial charge in [-0.15, -0.1) is 0 Å². The van der Waals surface area contributed by atoms with Crippen molar-refractivity contribution in [2.75, 3.05) is 13.1 Å². The predicted octanol–water partition coefficient (Wildman–Crippen LogP) is 0.890. The summed E-state index contributed by atoms with van der Waals surface area (Å²) in [4.78, 5) is 14.1. The summed E-state index contributed by atoms with van der Waals surface area (Å²) in [5, 5.41) is 13.0. The van der Waals surface area contributed by atoms with Crippen LogP contribution in [0.4, 0.5) is 0 Å². The topological polar surface area (TPSA) is 52.6 Å². The Bertz CT molecular complexity index is 264. The van der Waals surface area contributed by atoms with Crippen LogP contribution in [-0.2, 0) is 4.79 Å². The fourth-order valence-electron chi connectivity index (χ4n) is 2.92. The van der Waals surface area contributed by atoms with Gasteiger partial charge in [-0.3, -0.25) is 4.79 Å². The second kappa shape index (κ2) is 5.83. The SMILES string of the molecule is CC(N[C@@H]1CCC[C@H]1O)C(=O)N1CCCCC1. The van der Waals surface area contributed by atoms with Crippen molar-refractivity contribution in [3.63, 3.8) is 0 Å². The van der Waals surface area contributed by atoms with Crippen LogP contribution < -0.4 is 5.32 Å². The molecule has 0 aromatic rings. The molecular formula is C13H24N2O2. The van der Waals surface area contributed by atoms with Crippen LogP contribution in [0.1, 0.15) is 45.4 Å². The molecule has 1 amide bonds. The highest BCUT2D eigenvalue weighted by Gasteiger charge is 2.29. The molecule has 4 nitrogen and oxygen atoms in total. The monoisotopic (exact) mass is 240 g/mol. The lowest BCUT2D eigenvalue weighted by atomic mass is 10.1. The van der Waals surface area contributed by atoms with Crippen molar-refractivity contribution in [1.29, 1.82) is 0 Å². The largest absolute Gasteiger partial charge is 0.392 e. The molecule has 2 N–H and O–H groups in total. The number of hydrogen-bond donors (Lipinski definition) is 2. The smallest absolute Gasteiger partial charge is 0.239 e. The number of carbonyl (C=O) groups excluding carboxylic acids is 1. The molecule has 4 heteroatoms.